The summed E-state index contributed by atoms with van der Waals surface area (Å²) in [6.45, 7) is 5.34. The SMILES string of the molecule is C=CCNCC[C@]12c3c4ccc(O)c3O[C@H]1[C@@H](O)C=C[C@H]2CC4. The minimum Gasteiger partial charge on any atom is -0.504 e. The summed E-state index contributed by atoms with van der Waals surface area (Å²) >= 11 is 0. The number of nitrogens with one attached hydrogen (secondary N) is 1. The molecule has 0 unspecified atom stereocenters. The van der Waals surface area contributed by atoms with E-state index in [0.717, 1.165) is 37.9 Å². The van der Waals surface area contributed by atoms with Crippen molar-refractivity contribution in [3.63, 3.8) is 0 Å². The fourth-order valence-corrected chi connectivity index (χ4v) is 4.73. The molecule has 3 aliphatic rings. The molecule has 0 bridgehead atoms. The van der Waals surface area contributed by atoms with E-state index in [0.29, 0.717) is 11.7 Å². The molecule has 4 rings (SSSR count). The molecule has 0 amide bonds. The van der Waals surface area contributed by atoms with Gasteiger partial charge >= 0.3 is 0 Å². The van der Waals surface area contributed by atoms with E-state index >= 15 is 0 Å². The summed E-state index contributed by atoms with van der Waals surface area (Å²) in [5, 5.41) is 24.2. The van der Waals surface area contributed by atoms with Gasteiger partial charge in [-0.2, -0.15) is 0 Å². The quantitative estimate of drug-likeness (QED) is 0.575. The lowest BCUT2D eigenvalue weighted by atomic mass is 9.57. The van der Waals surface area contributed by atoms with Crippen LogP contribution in [0.25, 0.3) is 0 Å². The van der Waals surface area contributed by atoms with Gasteiger partial charge in [0.25, 0.3) is 0 Å². The van der Waals surface area contributed by atoms with Crippen LogP contribution in [-0.4, -0.2) is 35.5 Å². The van der Waals surface area contributed by atoms with Crippen LogP contribution in [0.15, 0.2) is 36.9 Å². The van der Waals surface area contributed by atoms with Crippen molar-refractivity contribution in [1.29, 1.82) is 0 Å². The van der Waals surface area contributed by atoms with Crippen LogP contribution in [0, 0.1) is 5.92 Å². The molecule has 0 spiro atoms. The van der Waals surface area contributed by atoms with E-state index in [-0.39, 0.29) is 17.3 Å². The molecule has 1 aromatic rings. The van der Waals surface area contributed by atoms with Crippen molar-refractivity contribution in [2.75, 3.05) is 13.1 Å². The number of rotatable bonds is 5. The Labute approximate surface area is 136 Å². The highest BCUT2D eigenvalue weighted by atomic mass is 16.5. The predicted molar refractivity (Wildman–Crippen MR) is 88.8 cm³/mol. The predicted octanol–water partition coefficient (Wildman–Crippen LogP) is 2.05. The van der Waals surface area contributed by atoms with E-state index in [1.807, 2.05) is 18.2 Å². The molecule has 4 heteroatoms. The van der Waals surface area contributed by atoms with E-state index in [4.69, 9.17) is 4.74 Å². The van der Waals surface area contributed by atoms with E-state index in [1.165, 1.54) is 5.56 Å². The monoisotopic (exact) mass is 313 g/mol. The fraction of sp³-hybridized carbons (Fsp3) is 0.474. The first-order valence-corrected chi connectivity index (χ1v) is 8.38. The van der Waals surface area contributed by atoms with Crippen molar-refractivity contribution in [2.45, 2.75) is 36.9 Å². The van der Waals surface area contributed by atoms with Gasteiger partial charge in [0.1, 0.15) is 12.2 Å². The van der Waals surface area contributed by atoms with Gasteiger partial charge in [-0.3, -0.25) is 0 Å². The second kappa shape index (κ2) is 5.39. The number of aliphatic hydroxyl groups excluding tert-OH is 1. The number of phenols is 1. The van der Waals surface area contributed by atoms with Crippen molar-refractivity contribution in [3.8, 4) is 11.5 Å². The Balaban J connectivity index is 1.81. The first-order chi connectivity index (χ1) is 11.2. The zero-order valence-electron chi connectivity index (χ0n) is 13.2. The first-order valence-electron chi connectivity index (χ1n) is 8.38. The lowest BCUT2D eigenvalue weighted by molar-refractivity contribution is -0.000608. The van der Waals surface area contributed by atoms with Crippen molar-refractivity contribution in [3.05, 3.63) is 48.1 Å². The molecule has 0 saturated carbocycles. The van der Waals surface area contributed by atoms with Gasteiger partial charge in [-0.05, 0) is 43.4 Å². The van der Waals surface area contributed by atoms with Gasteiger partial charge in [-0.1, -0.05) is 24.3 Å². The van der Waals surface area contributed by atoms with Crippen LogP contribution in [-0.2, 0) is 11.8 Å². The molecular weight excluding hydrogens is 290 g/mol. The molecule has 0 fully saturated rings. The van der Waals surface area contributed by atoms with Crippen LogP contribution in [0.4, 0.5) is 0 Å². The normalized spacial score (nSPS) is 33.2. The molecule has 23 heavy (non-hydrogen) atoms. The minimum atomic E-state index is -0.636. The maximum absolute atomic E-state index is 10.5. The minimum absolute atomic E-state index is 0.185. The van der Waals surface area contributed by atoms with E-state index in [9.17, 15) is 10.2 Å². The summed E-state index contributed by atoms with van der Waals surface area (Å²) in [5.41, 5.74) is 2.13. The van der Waals surface area contributed by atoms with Gasteiger partial charge in [0.05, 0.1) is 0 Å². The summed E-state index contributed by atoms with van der Waals surface area (Å²) < 4.78 is 6.11. The zero-order chi connectivity index (χ0) is 16.0. The highest BCUT2D eigenvalue weighted by Crippen LogP contribution is 2.60. The number of aromatic hydroxyl groups is 1. The van der Waals surface area contributed by atoms with Gasteiger partial charge in [0.15, 0.2) is 11.5 Å². The molecule has 3 N–H and O–H groups in total. The summed E-state index contributed by atoms with van der Waals surface area (Å²) in [6, 6.07) is 3.73. The fourth-order valence-electron chi connectivity index (χ4n) is 4.73. The average molecular weight is 313 g/mol. The first kappa shape index (κ1) is 14.8. The lowest BCUT2D eigenvalue weighted by Gasteiger charge is -2.47. The molecule has 0 aromatic heterocycles. The third-order valence-electron chi connectivity index (χ3n) is 5.68. The summed E-state index contributed by atoms with van der Waals surface area (Å²) in [7, 11) is 0. The Morgan fingerprint density at radius 3 is 3.09 bits per heavy atom. The largest absolute Gasteiger partial charge is 0.504 e. The van der Waals surface area contributed by atoms with Gasteiger partial charge < -0.3 is 20.3 Å². The summed E-state index contributed by atoms with van der Waals surface area (Å²) in [5.74, 6) is 1.12. The number of aryl methyl sites for hydroxylation is 1. The zero-order valence-corrected chi connectivity index (χ0v) is 13.2. The van der Waals surface area contributed by atoms with E-state index in [2.05, 4.69) is 18.0 Å². The van der Waals surface area contributed by atoms with Crippen molar-refractivity contribution < 1.29 is 14.9 Å². The maximum atomic E-state index is 10.5. The molecule has 2 aliphatic carbocycles. The molecule has 4 atom stereocenters. The highest BCUT2D eigenvalue weighted by molar-refractivity contribution is 5.60. The third-order valence-corrected chi connectivity index (χ3v) is 5.68. The summed E-state index contributed by atoms with van der Waals surface area (Å²) in [6.07, 6.45) is 7.84. The van der Waals surface area contributed by atoms with Crippen LogP contribution >= 0.6 is 0 Å². The highest BCUT2D eigenvalue weighted by Gasteiger charge is 2.59. The molecule has 1 heterocycles. The Hall–Kier alpha value is -1.78. The Morgan fingerprint density at radius 1 is 1.39 bits per heavy atom. The maximum Gasteiger partial charge on any atom is 0.165 e. The Kier molecular flexibility index (Phi) is 3.47. The standard InChI is InChI=1S/C19H23NO3/c1-2-10-20-11-9-19-13-5-3-12-4-7-14(21)17(16(12)19)23-18(19)15(22)8-6-13/h2,4,6-8,13,15,18,20-22H,1,3,5,9-11H2/t13-,15+,18+,19+/m1/s1. The topological polar surface area (TPSA) is 61.7 Å². The molecular formula is C19H23NO3. The van der Waals surface area contributed by atoms with Crippen LogP contribution < -0.4 is 10.1 Å². The van der Waals surface area contributed by atoms with Crippen LogP contribution in [0.1, 0.15) is 24.0 Å². The van der Waals surface area contributed by atoms with Crippen LogP contribution in [0.5, 0.6) is 11.5 Å². The molecule has 1 aromatic carbocycles. The molecule has 0 radical (unpaired) electrons. The number of allylic oxidation sites excluding steroid dienone is 1. The lowest BCUT2D eigenvalue weighted by Crippen LogP contribution is -2.54. The molecule has 4 nitrogen and oxygen atoms in total. The molecule has 1 aliphatic heterocycles. The van der Waals surface area contributed by atoms with Crippen LogP contribution in [0.3, 0.4) is 0 Å². The van der Waals surface area contributed by atoms with Gasteiger partial charge in [0, 0.05) is 17.5 Å². The Morgan fingerprint density at radius 2 is 2.26 bits per heavy atom. The Bertz CT molecular complexity index is 669. The van der Waals surface area contributed by atoms with Crippen molar-refractivity contribution in [2.24, 2.45) is 5.92 Å². The number of hydrogen-bond acceptors (Lipinski definition) is 4. The number of phenolic OH excluding ortho intramolecular Hbond substituents is 1. The summed E-state index contributed by atoms with van der Waals surface area (Å²) in [4.78, 5) is 0. The van der Waals surface area contributed by atoms with Gasteiger partial charge in [-0.15, -0.1) is 6.58 Å². The van der Waals surface area contributed by atoms with Crippen LogP contribution in [0.2, 0.25) is 0 Å². The second-order valence-electron chi connectivity index (χ2n) is 6.79. The van der Waals surface area contributed by atoms with Crippen molar-refractivity contribution >= 4 is 0 Å². The number of benzene rings is 1. The number of ether oxygens (including phenoxy) is 1. The second-order valence-corrected chi connectivity index (χ2v) is 6.79. The number of aliphatic hydroxyl groups is 1. The smallest absolute Gasteiger partial charge is 0.165 e. The molecule has 122 valence electrons. The van der Waals surface area contributed by atoms with Gasteiger partial charge in [-0.25, -0.2) is 0 Å². The third kappa shape index (κ3) is 1.98. The van der Waals surface area contributed by atoms with E-state index in [1.54, 1.807) is 6.07 Å². The van der Waals surface area contributed by atoms with E-state index < -0.39 is 6.10 Å². The average Bonchev–Trinajstić information content (AvgIpc) is 2.92. The number of hydrogen-bond donors (Lipinski definition) is 3. The van der Waals surface area contributed by atoms with Gasteiger partial charge in [0.2, 0.25) is 0 Å². The molecule has 0 saturated heterocycles. The van der Waals surface area contributed by atoms with Crippen molar-refractivity contribution in [1.82, 2.24) is 5.32 Å².